The van der Waals surface area contributed by atoms with Crippen molar-refractivity contribution >= 4 is 37.5 Å². The zero-order valence-electron chi connectivity index (χ0n) is 11.7. The molecule has 1 aliphatic rings. The molecular weight excluding hydrogens is 370 g/mol. The first-order valence-corrected chi connectivity index (χ1v) is 8.39. The zero-order chi connectivity index (χ0) is 14.0. The third-order valence-corrected chi connectivity index (χ3v) is 5.48. The summed E-state index contributed by atoms with van der Waals surface area (Å²) in [6.45, 7) is 4.72. The Morgan fingerprint density at radius 2 is 1.84 bits per heavy atom. The molecular formula is C15H21Br2NO. The Kier molecular flexibility index (Phi) is 5.18. The van der Waals surface area contributed by atoms with Crippen LogP contribution in [-0.4, -0.2) is 13.2 Å². The van der Waals surface area contributed by atoms with Gasteiger partial charge in [-0.1, -0.05) is 13.8 Å². The fourth-order valence-corrected chi connectivity index (χ4v) is 3.96. The number of methoxy groups -OCH3 is 1. The van der Waals surface area contributed by atoms with Crippen molar-refractivity contribution in [3.05, 3.63) is 21.1 Å². The van der Waals surface area contributed by atoms with E-state index >= 15 is 0 Å². The Hall–Kier alpha value is -0.220. The van der Waals surface area contributed by atoms with Gasteiger partial charge in [0, 0.05) is 16.6 Å². The molecule has 0 aliphatic heterocycles. The molecule has 2 rings (SSSR count). The number of ether oxygens (including phenoxy) is 1. The van der Waals surface area contributed by atoms with Gasteiger partial charge < -0.3 is 10.1 Å². The Labute approximate surface area is 132 Å². The fourth-order valence-electron chi connectivity index (χ4n) is 2.69. The Bertz CT molecular complexity index is 450. The van der Waals surface area contributed by atoms with Crippen LogP contribution in [0, 0.1) is 11.8 Å². The van der Waals surface area contributed by atoms with E-state index in [2.05, 4.69) is 57.1 Å². The number of hydrogen-bond acceptors (Lipinski definition) is 2. The molecule has 1 aromatic carbocycles. The van der Waals surface area contributed by atoms with Gasteiger partial charge in [-0.25, -0.2) is 0 Å². The molecule has 0 heterocycles. The van der Waals surface area contributed by atoms with Crippen LogP contribution in [0.2, 0.25) is 0 Å². The number of benzene rings is 1. The lowest BCUT2D eigenvalue weighted by molar-refractivity contribution is 0.261. The van der Waals surface area contributed by atoms with Crippen molar-refractivity contribution in [1.29, 1.82) is 0 Å². The van der Waals surface area contributed by atoms with E-state index in [-0.39, 0.29) is 0 Å². The third kappa shape index (κ3) is 3.66. The highest BCUT2D eigenvalue weighted by atomic mass is 79.9. The minimum atomic E-state index is 0.563. The summed E-state index contributed by atoms with van der Waals surface area (Å²) in [4.78, 5) is 0. The summed E-state index contributed by atoms with van der Waals surface area (Å²) in [7, 11) is 1.70. The van der Waals surface area contributed by atoms with E-state index in [1.807, 2.05) is 6.07 Å². The summed E-state index contributed by atoms with van der Waals surface area (Å²) in [5.74, 6) is 2.51. The van der Waals surface area contributed by atoms with Gasteiger partial charge in [-0.15, -0.1) is 0 Å². The van der Waals surface area contributed by atoms with Crippen molar-refractivity contribution in [2.45, 2.75) is 39.2 Å². The van der Waals surface area contributed by atoms with E-state index < -0.39 is 0 Å². The molecule has 106 valence electrons. The van der Waals surface area contributed by atoms with Gasteiger partial charge in [-0.05, 0) is 69.0 Å². The van der Waals surface area contributed by atoms with E-state index in [9.17, 15) is 0 Å². The maximum Gasteiger partial charge on any atom is 0.135 e. The van der Waals surface area contributed by atoms with Crippen molar-refractivity contribution < 1.29 is 4.74 Å². The van der Waals surface area contributed by atoms with Crippen molar-refractivity contribution in [3.63, 3.8) is 0 Å². The highest BCUT2D eigenvalue weighted by Gasteiger charge is 2.24. The van der Waals surface area contributed by atoms with Crippen LogP contribution < -0.4 is 10.1 Å². The minimum absolute atomic E-state index is 0.563. The van der Waals surface area contributed by atoms with E-state index in [4.69, 9.17) is 4.74 Å². The monoisotopic (exact) mass is 389 g/mol. The van der Waals surface area contributed by atoms with E-state index in [0.29, 0.717) is 6.04 Å². The molecule has 0 saturated heterocycles. The Morgan fingerprint density at radius 1 is 1.11 bits per heavy atom. The van der Waals surface area contributed by atoms with Crippen LogP contribution in [0.4, 0.5) is 5.69 Å². The van der Waals surface area contributed by atoms with Gasteiger partial charge in [0.1, 0.15) is 5.75 Å². The van der Waals surface area contributed by atoms with Gasteiger partial charge in [0.05, 0.1) is 17.3 Å². The van der Waals surface area contributed by atoms with Crippen molar-refractivity contribution in [3.8, 4) is 5.75 Å². The minimum Gasteiger partial charge on any atom is -0.495 e. The number of anilines is 1. The van der Waals surface area contributed by atoms with Crippen LogP contribution in [-0.2, 0) is 0 Å². The SMILES string of the molecule is COc1cc(NC2CCC(C)C(C)C2)c(Br)cc1Br. The maximum atomic E-state index is 5.36. The fraction of sp³-hybridized carbons (Fsp3) is 0.600. The molecule has 3 atom stereocenters. The van der Waals surface area contributed by atoms with E-state index in [1.54, 1.807) is 7.11 Å². The largest absolute Gasteiger partial charge is 0.495 e. The quantitative estimate of drug-likeness (QED) is 0.739. The summed E-state index contributed by atoms with van der Waals surface area (Å²) in [6, 6.07) is 4.65. The summed E-state index contributed by atoms with van der Waals surface area (Å²) in [5, 5.41) is 3.65. The second kappa shape index (κ2) is 6.49. The second-order valence-electron chi connectivity index (χ2n) is 5.58. The number of rotatable bonds is 3. The number of nitrogens with one attached hydrogen (secondary N) is 1. The third-order valence-electron chi connectivity index (χ3n) is 4.20. The van der Waals surface area contributed by atoms with Crippen LogP contribution in [0.25, 0.3) is 0 Å². The molecule has 0 bridgehead atoms. The first-order chi connectivity index (χ1) is 9.01. The maximum absolute atomic E-state index is 5.36. The molecule has 1 fully saturated rings. The molecule has 1 aliphatic carbocycles. The van der Waals surface area contributed by atoms with Gasteiger partial charge in [0.2, 0.25) is 0 Å². The predicted octanol–water partition coefficient (Wildman–Crippen LogP) is 5.46. The molecule has 1 saturated carbocycles. The lowest BCUT2D eigenvalue weighted by Gasteiger charge is -2.33. The molecule has 3 unspecified atom stereocenters. The molecule has 1 N–H and O–H groups in total. The first kappa shape index (κ1) is 15.2. The van der Waals surface area contributed by atoms with Gasteiger partial charge in [-0.3, -0.25) is 0 Å². The van der Waals surface area contributed by atoms with Crippen LogP contribution in [0.5, 0.6) is 5.75 Å². The lowest BCUT2D eigenvalue weighted by Crippen LogP contribution is -2.30. The molecule has 0 aromatic heterocycles. The molecule has 0 spiro atoms. The average Bonchev–Trinajstić information content (AvgIpc) is 2.37. The standard InChI is InChI=1S/C15H21Br2NO/c1-9-4-5-11(6-10(9)2)18-14-8-15(19-3)13(17)7-12(14)16/h7-11,18H,4-6H2,1-3H3. The van der Waals surface area contributed by atoms with Gasteiger partial charge in [0.25, 0.3) is 0 Å². The summed E-state index contributed by atoms with van der Waals surface area (Å²) in [5.41, 5.74) is 1.12. The van der Waals surface area contributed by atoms with Crippen LogP contribution in [0.15, 0.2) is 21.1 Å². The first-order valence-electron chi connectivity index (χ1n) is 6.80. The van der Waals surface area contributed by atoms with Gasteiger partial charge >= 0.3 is 0 Å². The van der Waals surface area contributed by atoms with E-state index in [0.717, 1.165) is 32.2 Å². The summed E-state index contributed by atoms with van der Waals surface area (Å²) < 4.78 is 7.41. The summed E-state index contributed by atoms with van der Waals surface area (Å²) in [6.07, 6.45) is 3.80. The normalized spacial score (nSPS) is 27.1. The topological polar surface area (TPSA) is 21.3 Å². The van der Waals surface area contributed by atoms with Gasteiger partial charge in [-0.2, -0.15) is 0 Å². The predicted molar refractivity (Wildman–Crippen MR) is 88.0 cm³/mol. The molecule has 0 radical (unpaired) electrons. The number of hydrogen-bond donors (Lipinski definition) is 1. The average molecular weight is 391 g/mol. The molecule has 4 heteroatoms. The van der Waals surface area contributed by atoms with Crippen molar-refractivity contribution in [2.75, 3.05) is 12.4 Å². The summed E-state index contributed by atoms with van der Waals surface area (Å²) >= 11 is 7.12. The van der Waals surface area contributed by atoms with Crippen molar-refractivity contribution in [2.24, 2.45) is 11.8 Å². The molecule has 2 nitrogen and oxygen atoms in total. The molecule has 1 aromatic rings. The lowest BCUT2D eigenvalue weighted by atomic mass is 9.79. The van der Waals surface area contributed by atoms with Crippen LogP contribution in [0.1, 0.15) is 33.1 Å². The Balaban J connectivity index is 2.11. The smallest absolute Gasteiger partial charge is 0.135 e. The molecule has 0 amide bonds. The Morgan fingerprint density at radius 3 is 2.47 bits per heavy atom. The van der Waals surface area contributed by atoms with Crippen LogP contribution in [0.3, 0.4) is 0 Å². The highest BCUT2D eigenvalue weighted by Crippen LogP contribution is 2.37. The highest BCUT2D eigenvalue weighted by molar-refractivity contribution is 9.11. The second-order valence-corrected chi connectivity index (χ2v) is 7.28. The number of halogens is 2. The molecule has 19 heavy (non-hydrogen) atoms. The van der Waals surface area contributed by atoms with E-state index in [1.165, 1.54) is 19.3 Å². The zero-order valence-corrected chi connectivity index (χ0v) is 14.8. The van der Waals surface area contributed by atoms with Crippen LogP contribution >= 0.6 is 31.9 Å². The van der Waals surface area contributed by atoms with Gasteiger partial charge in [0.15, 0.2) is 0 Å². The van der Waals surface area contributed by atoms with Crippen molar-refractivity contribution in [1.82, 2.24) is 0 Å².